The molecule has 2 aromatic carbocycles. The zero-order valence-electron chi connectivity index (χ0n) is 9.77. The zero-order chi connectivity index (χ0) is 13.8. The minimum Gasteiger partial charge on any atom is -0.478 e. The molecule has 0 atom stereocenters. The molecular formula is C14H10F2O2S. The number of thioether (sulfide) groups is 1. The third-order valence-corrected chi connectivity index (χ3v) is 3.61. The van der Waals surface area contributed by atoms with Gasteiger partial charge in [-0.3, -0.25) is 0 Å². The molecule has 0 aromatic heterocycles. The summed E-state index contributed by atoms with van der Waals surface area (Å²) in [4.78, 5) is 11.0. The standard InChI is InChI=1S/C14H10F2O2S/c15-11-5-6-13(12(16)7-11)19-8-9-1-3-10(4-2-9)14(17)18/h1-7H,8H2,(H,17,18). The van der Waals surface area contributed by atoms with E-state index < -0.39 is 17.6 Å². The van der Waals surface area contributed by atoms with Gasteiger partial charge in [-0.2, -0.15) is 0 Å². The molecule has 0 heterocycles. The Morgan fingerprint density at radius 2 is 1.79 bits per heavy atom. The molecular weight excluding hydrogens is 270 g/mol. The van der Waals surface area contributed by atoms with Crippen LogP contribution in [0.1, 0.15) is 15.9 Å². The molecule has 0 unspecified atom stereocenters. The predicted molar refractivity (Wildman–Crippen MR) is 69.3 cm³/mol. The summed E-state index contributed by atoms with van der Waals surface area (Å²) in [6.45, 7) is 0. The summed E-state index contributed by atoms with van der Waals surface area (Å²) in [5, 5.41) is 8.76. The lowest BCUT2D eigenvalue weighted by molar-refractivity contribution is 0.0697. The summed E-state index contributed by atoms with van der Waals surface area (Å²) in [6.07, 6.45) is 0. The van der Waals surface area contributed by atoms with Crippen molar-refractivity contribution in [2.45, 2.75) is 10.6 Å². The second-order valence-electron chi connectivity index (χ2n) is 3.87. The zero-order valence-corrected chi connectivity index (χ0v) is 10.6. The molecule has 2 aromatic rings. The molecule has 0 fully saturated rings. The number of aromatic carboxylic acids is 1. The SMILES string of the molecule is O=C(O)c1ccc(CSc2ccc(F)cc2F)cc1. The third-order valence-electron chi connectivity index (χ3n) is 2.49. The highest BCUT2D eigenvalue weighted by molar-refractivity contribution is 7.98. The van der Waals surface area contributed by atoms with E-state index in [9.17, 15) is 13.6 Å². The molecule has 0 spiro atoms. The van der Waals surface area contributed by atoms with Crippen molar-refractivity contribution in [3.05, 3.63) is 65.2 Å². The Balaban J connectivity index is 2.04. The Morgan fingerprint density at radius 1 is 1.11 bits per heavy atom. The number of carboxylic acids is 1. The smallest absolute Gasteiger partial charge is 0.335 e. The van der Waals surface area contributed by atoms with Gasteiger partial charge in [-0.05, 0) is 29.8 Å². The summed E-state index contributed by atoms with van der Waals surface area (Å²) in [6, 6.07) is 9.80. The molecule has 0 amide bonds. The van der Waals surface area contributed by atoms with Crippen LogP contribution in [0.3, 0.4) is 0 Å². The van der Waals surface area contributed by atoms with Gasteiger partial charge >= 0.3 is 5.97 Å². The third kappa shape index (κ3) is 3.54. The van der Waals surface area contributed by atoms with Gasteiger partial charge in [-0.25, -0.2) is 13.6 Å². The van der Waals surface area contributed by atoms with Gasteiger partial charge < -0.3 is 5.11 Å². The van der Waals surface area contributed by atoms with Crippen molar-refractivity contribution < 1.29 is 18.7 Å². The van der Waals surface area contributed by atoms with Gasteiger partial charge in [0.05, 0.1) is 5.56 Å². The minimum atomic E-state index is -0.983. The van der Waals surface area contributed by atoms with Gasteiger partial charge in [-0.15, -0.1) is 11.8 Å². The summed E-state index contributed by atoms with van der Waals surface area (Å²) >= 11 is 1.23. The maximum Gasteiger partial charge on any atom is 0.335 e. The van der Waals surface area contributed by atoms with Crippen LogP contribution in [0.4, 0.5) is 8.78 Å². The number of hydrogen-bond acceptors (Lipinski definition) is 2. The lowest BCUT2D eigenvalue weighted by Gasteiger charge is -2.04. The van der Waals surface area contributed by atoms with E-state index in [0.29, 0.717) is 10.6 Å². The highest BCUT2D eigenvalue weighted by Crippen LogP contribution is 2.26. The van der Waals surface area contributed by atoms with Gasteiger partial charge in [0, 0.05) is 16.7 Å². The Kier molecular flexibility index (Phi) is 4.16. The van der Waals surface area contributed by atoms with Crippen molar-refractivity contribution in [3.63, 3.8) is 0 Å². The highest BCUT2D eigenvalue weighted by atomic mass is 32.2. The number of hydrogen-bond donors (Lipinski definition) is 1. The molecule has 98 valence electrons. The fourth-order valence-corrected chi connectivity index (χ4v) is 2.37. The van der Waals surface area contributed by atoms with Crippen LogP contribution in [0, 0.1) is 11.6 Å². The summed E-state index contributed by atoms with van der Waals surface area (Å²) in [5.74, 6) is -1.69. The second-order valence-corrected chi connectivity index (χ2v) is 4.88. The molecule has 5 heteroatoms. The molecule has 0 saturated heterocycles. The van der Waals surface area contributed by atoms with Crippen LogP contribution in [-0.2, 0) is 5.75 Å². The monoisotopic (exact) mass is 280 g/mol. The van der Waals surface area contributed by atoms with Crippen molar-refractivity contribution in [2.24, 2.45) is 0 Å². The molecule has 19 heavy (non-hydrogen) atoms. The first-order valence-corrected chi connectivity index (χ1v) is 6.45. The quantitative estimate of drug-likeness (QED) is 0.861. The molecule has 2 nitrogen and oxygen atoms in total. The molecule has 2 rings (SSSR count). The van der Waals surface area contributed by atoms with Gasteiger partial charge in [0.2, 0.25) is 0 Å². The average molecular weight is 280 g/mol. The van der Waals surface area contributed by atoms with E-state index in [1.807, 2.05) is 0 Å². The fraction of sp³-hybridized carbons (Fsp3) is 0.0714. The first-order chi connectivity index (χ1) is 9.06. The maximum absolute atomic E-state index is 13.4. The second kappa shape index (κ2) is 5.84. The van der Waals surface area contributed by atoms with Crippen molar-refractivity contribution in [2.75, 3.05) is 0 Å². The number of benzene rings is 2. The Bertz CT molecular complexity index is 597. The van der Waals surface area contributed by atoms with Crippen molar-refractivity contribution >= 4 is 17.7 Å². The normalized spacial score (nSPS) is 10.4. The summed E-state index contributed by atoms with van der Waals surface area (Å²) < 4.78 is 26.1. The lowest BCUT2D eigenvalue weighted by Crippen LogP contribution is -1.95. The molecule has 0 aliphatic heterocycles. The van der Waals surface area contributed by atoms with Crippen LogP contribution < -0.4 is 0 Å². The first-order valence-electron chi connectivity index (χ1n) is 5.46. The minimum absolute atomic E-state index is 0.210. The Labute approximate surface area is 113 Å². The molecule has 0 aliphatic rings. The predicted octanol–water partition coefficient (Wildman–Crippen LogP) is 3.96. The molecule has 0 aliphatic carbocycles. The van der Waals surface area contributed by atoms with Gasteiger partial charge in [0.1, 0.15) is 11.6 Å². The van der Waals surface area contributed by atoms with Crippen LogP contribution in [0.15, 0.2) is 47.4 Å². The van der Waals surface area contributed by atoms with Gasteiger partial charge in [0.15, 0.2) is 0 Å². The number of carboxylic acid groups (broad SMARTS) is 1. The molecule has 0 saturated carbocycles. The fourth-order valence-electron chi connectivity index (χ4n) is 1.50. The van der Waals surface area contributed by atoms with Crippen LogP contribution >= 0.6 is 11.8 Å². The van der Waals surface area contributed by atoms with Crippen LogP contribution in [0.5, 0.6) is 0 Å². The van der Waals surface area contributed by atoms with E-state index >= 15 is 0 Å². The number of rotatable bonds is 4. The van der Waals surface area contributed by atoms with E-state index in [1.54, 1.807) is 12.1 Å². The van der Waals surface area contributed by atoms with Gasteiger partial charge in [0.25, 0.3) is 0 Å². The van der Waals surface area contributed by atoms with E-state index in [-0.39, 0.29) is 5.56 Å². The molecule has 0 radical (unpaired) electrons. The summed E-state index contributed by atoms with van der Waals surface area (Å²) in [5.41, 5.74) is 1.08. The summed E-state index contributed by atoms with van der Waals surface area (Å²) in [7, 11) is 0. The van der Waals surface area contributed by atoms with Crippen LogP contribution in [0.25, 0.3) is 0 Å². The topological polar surface area (TPSA) is 37.3 Å². The van der Waals surface area contributed by atoms with Crippen LogP contribution in [-0.4, -0.2) is 11.1 Å². The highest BCUT2D eigenvalue weighted by Gasteiger charge is 2.06. The Hall–Kier alpha value is -1.88. The average Bonchev–Trinajstić information content (AvgIpc) is 2.38. The van der Waals surface area contributed by atoms with Gasteiger partial charge in [-0.1, -0.05) is 12.1 Å². The van der Waals surface area contributed by atoms with E-state index in [1.165, 1.54) is 36.0 Å². The lowest BCUT2D eigenvalue weighted by atomic mass is 10.1. The largest absolute Gasteiger partial charge is 0.478 e. The molecule has 0 bridgehead atoms. The first kappa shape index (κ1) is 13.5. The van der Waals surface area contributed by atoms with E-state index in [4.69, 9.17) is 5.11 Å². The van der Waals surface area contributed by atoms with Crippen molar-refractivity contribution in [1.82, 2.24) is 0 Å². The number of halogens is 2. The van der Waals surface area contributed by atoms with E-state index in [2.05, 4.69) is 0 Å². The maximum atomic E-state index is 13.4. The number of carbonyl (C=O) groups is 1. The Morgan fingerprint density at radius 3 is 2.37 bits per heavy atom. The van der Waals surface area contributed by atoms with E-state index in [0.717, 1.165) is 11.6 Å². The van der Waals surface area contributed by atoms with Crippen LogP contribution in [0.2, 0.25) is 0 Å². The van der Waals surface area contributed by atoms with Crippen molar-refractivity contribution in [3.8, 4) is 0 Å². The van der Waals surface area contributed by atoms with Crippen molar-refractivity contribution in [1.29, 1.82) is 0 Å². The molecule has 1 N–H and O–H groups in total.